The fourth-order valence-electron chi connectivity index (χ4n) is 1.22. The van der Waals surface area contributed by atoms with Crippen LogP contribution >= 0.6 is 11.6 Å². The molecule has 8 heteroatoms. The normalized spacial score (nSPS) is 11.6. The average molecular weight is 312 g/mol. The van der Waals surface area contributed by atoms with Crippen LogP contribution in [-0.4, -0.2) is 21.6 Å². The molecule has 0 saturated heterocycles. The topological polar surface area (TPSA) is 55.4 Å². The second kappa shape index (κ2) is 6.83. The predicted octanol–water partition coefficient (Wildman–Crippen LogP) is 2.80. The Morgan fingerprint density at radius 3 is 2.68 bits per heavy atom. The van der Waals surface area contributed by atoms with Crippen LogP contribution in [0.15, 0.2) is 35.7 Å². The fourth-order valence-corrected chi connectivity index (χ4v) is 2.58. The summed E-state index contributed by atoms with van der Waals surface area (Å²) >= 11 is 5.67. The first kappa shape index (κ1) is 15.9. The van der Waals surface area contributed by atoms with Gasteiger partial charge >= 0.3 is 6.61 Å². The predicted molar refractivity (Wildman–Crippen MR) is 68.1 cm³/mol. The summed E-state index contributed by atoms with van der Waals surface area (Å²) in [6.07, 6.45) is 2.04. The molecule has 0 spiro atoms. The van der Waals surface area contributed by atoms with Gasteiger partial charge in [0.25, 0.3) is 0 Å². The van der Waals surface area contributed by atoms with Crippen molar-refractivity contribution in [3.8, 4) is 5.75 Å². The van der Waals surface area contributed by atoms with E-state index in [1.54, 1.807) is 6.08 Å². The standard InChI is InChI=1S/C11H12ClF2NO3S/c1-2-3-6-15-19(16,17)8-4-5-10(9(12)7-8)18-11(13)14/h2,4-5,7,11,15H,1,3,6H2. The molecule has 0 aliphatic heterocycles. The third-order valence-corrected chi connectivity index (χ3v) is 3.82. The molecule has 0 aromatic heterocycles. The van der Waals surface area contributed by atoms with Gasteiger partial charge in [0.05, 0.1) is 9.92 Å². The number of rotatable bonds is 7. The highest BCUT2D eigenvalue weighted by atomic mass is 35.5. The van der Waals surface area contributed by atoms with E-state index in [0.717, 1.165) is 18.2 Å². The Hall–Kier alpha value is -1.18. The van der Waals surface area contributed by atoms with Crippen molar-refractivity contribution in [2.24, 2.45) is 0 Å². The maximum absolute atomic E-state index is 12.0. The minimum Gasteiger partial charge on any atom is -0.433 e. The van der Waals surface area contributed by atoms with Gasteiger partial charge in [-0.3, -0.25) is 0 Å². The van der Waals surface area contributed by atoms with Crippen LogP contribution in [0.25, 0.3) is 0 Å². The molecule has 0 aliphatic carbocycles. The van der Waals surface area contributed by atoms with Gasteiger partial charge in [-0.15, -0.1) is 6.58 Å². The third kappa shape index (κ3) is 4.77. The molecule has 1 aromatic rings. The molecule has 0 amide bonds. The largest absolute Gasteiger partial charge is 0.433 e. The van der Waals surface area contributed by atoms with Crippen LogP contribution in [0.3, 0.4) is 0 Å². The lowest BCUT2D eigenvalue weighted by Gasteiger charge is -2.09. The Morgan fingerprint density at radius 1 is 1.47 bits per heavy atom. The molecule has 0 radical (unpaired) electrons. The molecule has 0 unspecified atom stereocenters. The molecule has 1 aromatic carbocycles. The third-order valence-electron chi connectivity index (χ3n) is 2.07. The summed E-state index contributed by atoms with van der Waals surface area (Å²) in [7, 11) is -3.73. The Bertz CT molecular complexity index is 549. The first-order valence-corrected chi connectivity index (χ1v) is 7.08. The van der Waals surface area contributed by atoms with Gasteiger partial charge in [-0.05, 0) is 24.6 Å². The Kier molecular flexibility index (Phi) is 5.71. The quantitative estimate of drug-likeness (QED) is 0.622. The van der Waals surface area contributed by atoms with Gasteiger partial charge in [0.1, 0.15) is 5.75 Å². The highest BCUT2D eigenvalue weighted by Gasteiger charge is 2.16. The smallest absolute Gasteiger partial charge is 0.387 e. The van der Waals surface area contributed by atoms with Crippen molar-refractivity contribution in [1.29, 1.82) is 0 Å². The van der Waals surface area contributed by atoms with E-state index in [9.17, 15) is 17.2 Å². The summed E-state index contributed by atoms with van der Waals surface area (Å²) in [5.41, 5.74) is 0. The zero-order chi connectivity index (χ0) is 14.5. The highest BCUT2D eigenvalue weighted by Crippen LogP contribution is 2.28. The molecule has 4 nitrogen and oxygen atoms in total. The Balaban J connectivity index is 2.90. The summed E-state index contributed by atoms with van der Waals surface area (Å²) in [6.45, 7) is 0.633. The lowest BCUT2D eigenvalue weighted by molar-refractivity contribution is -0.0498. The molecular weight excluding hydrogens is 300 g/mol. The van der Waals surface area contributed by atoms with Crippen molar-refractivity contribution >= 4 is 21.6 Å². The molecule has 0 saturated carbocycles. The van der Waals surface area contributed by atoms with Gasteiger partial charge in [0.2, 0.25) is 10.0 Å². The molecule has 0 aliphatic rings. The van der Waals surface area contributed by atoms with Gasteiger partial charge in [-0.1, -0.05) is 17.7 Å². The van der Waals surface area contributed by atoms with E-state index in [1.807, 2.05) is 0 Å². The minimum atomic E-state index is -3.73. The summed E-state index contributed by atoms with van der Waals surface area (Å²) < 4.78 is 54.1. The lowest BCUT2D eigenvalue weighted by Crippen LogP contribution is -2.24. The van der Waals surface area contributed by atoms with Crippen molar-refractivity contribution in [1.82, 2.24) is 4.72 Å². The molecule has 0 fully saturated rings. The molecule has 0 heterocycles. The molecule has 19 heavy (non-hydrogen) atoms. The van der Waals surface area contributed by atoms with E-state index in [2.05, 4.69) is 16.0 Å². The van der Waals surface area contributed by atoms with Crippen LogP contribution in [0.5, 0.6) is 5.75 Å². The second-order valence-corrected chi connectivity index (χ2v) is 5.62. The summed E-state index contributed by atoms with van der Waals surface area (Å²) in [4.78, 5) is -0.122. The molecular formula is C11H12ClF2NO3S. The van der Waals surface area contributed by atoms with Crippen LogP contribution in [0.4, 0.5) is 8.78 Å². The maximum atomic E-state index is 12.0. The van der Waals surface area contributed by atoms with E-state index in [0.29, 0.717) is 6.42 Å². The van der Waals surface area contributed by atoms with E-state index < -0.39 is 16.6 Å². The molecule has 1 rings (SSSR count). The lowest BCUT2D eigenvalue weighted by atomic mass is 10.3. The van der Waals surface area contributed by atoms with Crippen LogP contribution in [0.2, 0.25) is 5.02 Å². The average Bonchev–Trinajstić information content (AvgIpc) is 2.31. The van der Waals surface area contributed by atoms with Crippen molar-refractivity contribution in [2.45, 2.75) is 17.9 Å². The number of hydrogen-bond acceptors (Lipinski definition) is 3. The summed E-state index contributed by atoms with van der Waals surface area (Å²) in [6, 6.07) is 3.27. The summed E-state index contributed by atoms with van der Waals surface area (Å²) in [5.74, 6) is -0.276. The fraction of sp³-hybridized carbons (Fsp3) is 0.273. The van der Waals surface area contributed by atoms with Gasteiger partial charge in [0.15, 0.2) is 0 Å². The summed E-state index contributed by atoms with van der Waals surface area (Å²) in [5, 5.41) is -0.202. The zero-order valence-electron chi connectivity index (χ0n) is 9.77. The zero-order valence-corrected chi connectivity index (χ0v) is 11.3. The van der Waals surface area contributed by atoms with Crippen LogP contribution < -0.4 is 9.46 Å². The van der Waals surface area contributed by atoms with E-state index in [-0.39, 0.29) is 22.2 Å². The van der Waals surface area contributed by atoms with Crippen LogP contribution in [-0.2, 0) is 10.0 Å². The minimum absolute atomic E-state index is 0.122. The monoisotopic (exact) mass is 311 g/mol. The van der Waals surface area contributed by atoms with Gasteiger partial charge in [-0.25, -0.2) is 13.1 Å². The second-order valence-electron chi connectivity index (χ2n) is 3.45. The van der Waals surface area contributed by atoms with Crippen molar-refractivity contribution in [3.63, 3.8) is 0 Å². The van der Waals surface area contributed by atoms with Crippen LogP contribution in [0, 0.1) is 0 Å². The first-order chi connectivity index (χ1) is 8.86. The van der Waals surface area contributed by atoms with Crippen molar-refractivity contribution in [3.05, 3.63) is 35.9 Å². The molecule has 106 valence electrons. The number of alkyl halides is 2. The number of halogens is 3. The van der Waals surface area contributed by atoms with E-state index in [1.165, 1.54) is 0 Å². The van der Waals surface area contributed by atoms with Gasteiger partial charge in [-0.2, -0.15) is 8.78 Å². The molecule has 0 bridgehead atoms. The van der Waals surface area contributed by atoms with Crippen molar-refractivity contribution < 1.29 is 21.9 Å². The number of hydrogen-bond donors (Lipinski definition) is 1. The SMILES string of the molecule is C=CCCNS(=O)(=O)c1ccc(OC(F)F)c(Cl)c1. The van der Waals surface area contributed by atoms with Gasteiger partial charge in [0, 0.05) is 6.54 Å². The maximum Gasteiger partial charge on any atom is 0.387 e. The number of ether oxygens (including phenoxy) is 1. The van der Waals surface area contributed by atoms with Crippen LogP contribution in [0.1, 0.15) is 6.42 Å². The van der Waals surface area contributed by atoms with E-state index >= 15 is 0 Å². The molecule has 1 N–H and O–H groups in total. The van der Waals surface area contributed by atoms with Gasteiger partial charge < -0.3 is 4.74 Å². The number of benzene rings is 1. The van der Waals surface area contributed by atoms with Crippen molar-refractivity contribution in [2.75, 3.05) is 6.54 Å². The highest BCUT2D eigenvalue weighted by molar-refractivity contribution is 7.89. The number of nitrogens with one attached hydrogen (secondary N) is 1. The van der Waals surface area contributed by atoms with E-state index in [4.69, 9.17) is 11.6 Å². The molecule has 0 atom stereocenters. The number of sulfonamides is 1. The Morgan fingerprint density at radius 2 is 2.16 bits per heavy atom. The first-order valence-electron chi connectivity index (χ1n) is 5.21. The Labute approximate surface area is 115 Å².